The zero-order chi connectivity index (χ0) is 20.1. The van der Waals surface area contributed by atoms with Crippen molar-refractivity contribution < 1.29 is 28.3 Å². The molecule has 1 atom stereocenters. The van der Waals surface area contributed by atoms with Crippen molar-refractivity contribution in [2.45, 2.75) is 32.1 Å². The molecule has 0 saturated carbocycles. The van der Waals surface area contributed by atoms with Crippen molar-refractivity contribution in [3.63, 3.8) is 0 Å². The van der Waals surface area contributed by atoms with Gasteiger partial charge in [-0.15, -0.1) is 0 Å². The fraction of sp³-hybridized carbons (Fsp3) is 0.526. The van der Waals surface area contributed by atoms with Gasteiger partial charge in [0.2, 0.25) is 11.8 Å². The van der Waals surface area contributed by atoms with Gasteiger partial charge < -0.3 is 14.9 Å². The van der Waals surface area contributed by atoms with E-state index in [1.54, 1.807) is 11.8 Å². The van der Waals surface area contributed by atoms with Crippen molar-refractivity contribution in [2.75, 3.05) is 26.7 Å². The van der Waals surface area contributed by atoms with Gasteiger partial charge in [0.1, 0.15) is 11.6 Å². The van der Waals surface area contributed by atoms with E-state index >= 15 is 0 Å². The molecule has 0 aromatic heterocycles. The summed E-state index contributed by atoms with van der Waals surface area (Å²) in [6.45, 7) is 2.26. The van der Waals surface area contributed by atoms with Crippen molar-refractivity contribution >= 4 is 17.8 Å². The normalized spacial score (nSPS) is 16.1. The van der Waals surface area contributed by atoms with E-state index < -0.39 is 29.4 Å². The van der Waals surface area contributed by atoms with Crippen molar-refractivity contribution in [2.24, 2.45) is 5.92 Å². The number of likely N-dealkylation sites (tertiary alicyclic amines) is 1. The predicted molar refractivity (Wildman–Crippen MR) is 94.0 cm³/mol. The molecule has 1 aromatic rings. The first kappa shape index (κ1) is 20.8. The molecule has 1 unspecified atom stereocenters. The Morgan fingerprint density at radius 3 is 2.44 bits per heavy atom. The molecule has 0 aliphatic carbocycles. The molecule has 1 aromatic carbocycles. The number of halogens is 2. The van der Waals surface area contributed by atoms with Crippen LogP contribution in [0.3, 0.4) is 0 Å². The molecule has 1 N–H and O–H groups in total. The van der Waals surface area contributed by atoms with Crippen LogP contribution < -0.4 is 0 Å². The van der Waals surface area contributed by atoms with E-state index in [0.29, 0.717) is 25.9 Å². The van der Waals surface area contributed by atoms with E-state index in [1.807, 2.05) is 0 Å². The van der Waals surface area contributed by atoms with Gasteiger partial charge in [0, 0.05) is 32.6 Å². The van der Waals surface area contributed by atoms with Gasteiger partial charge in [0.05, 0.1) is 12.5 Å². The number of rotatable bonds is 6. The summed E-state index contributed by atoms with van der Waals surface area (Å²) in [4.78, 5) is 38.5. The first-order valence-corrected chi connectivity index (χ1v) is 8.88. The van der Waals surface area contributed by atoms with Crippen LogP contribution in [0, 0.1) is 17.6 Å². The van der Waals surface area contributed by atoms with Crippen LogP contribution in [-0.4, -0.2) is 59.4 Å². The highest BCUT2D eigenvalue weighted by atomic mass is 19.1. The van der Waals surface area contributed by atoms with E-state index in [1.165, 1.54) is 18.0 Å². The van der Waals surface area contributed by atoms with E-state index in [-0.39, 0.29) is 30.3 Å². The van der Waals surface area contributed by atoms with Gasteiger partial charge in [-0.25, -0.2) is 8.78 Å². The number of hydrogen-bond donors (Lipinski definition) is 1. The average Bonchev–Trinajstić information content (AvgIpc) is 2.61. The fourth-order valence-corrected chi connectivity index (χ4v) is 3.20. The third kappa shape index (κ3) is 5.48. The quantitative estimate of drug-likeness (QED) is 0.819. The molecule has 1 aliphatic rings. The highest BCUT2D eigenvalue weighted by Gasteiger charge is 2.28. The maximum Gasteiger partial charge on any atom is 0.306 e. The van der Waals surface area contributed by atoms with Crippen LogP contribution in [0.1, 0.15) is 37.7 Å². The Morgan fingerprint density at radius 2 is 1.89 bits per heavy atom. The standard InChI is InChI=1S/C19H24F2N2O4/c1-12(15-4-3-14(20)10-16(15)21)9-17(24)22(2)11-18(25)23-7-5-13(6-8-23)19(26)27/h3-4,10,12-13H,5-9,11H2,1-2H3,(H,26,27). The minimum atomic E-state index is -0.851. The Morgan fingerprint density at radius 1 is 1.26 bits per heavy atom. The molecular weight excluding hydrogens is 358 g/mol. The van der Waals surface area contributed by atoms with Gasteiger partial charge in [-0.3, -0.25) is 14.4 Å². The lowest BCUT2D eigenvalue weighted by molar-refractivity contribution is -0.146. The fourth-order valence-electron chi connectivity index (χ4n) is 3.20. The molecule has 148 valence electrons. The largest absolute Gasteiger partial charge is 0.481 e. The number of likely N-dealkylation sites (N-methyl/N-ethyl adjacent to an activating group) is 1. The SMILES string of the molecule is CC(CC(=O)N(C)CC(=O)N1CCC(C(=O)O)CC1)c1ccc(F)cc1F. The number of carboxylic acid groups (broad SMARTS) is 1. The number of amides is 2. The summed E-state index contributed by atoms with van der Waals surface area (Å²) in [6, 6.07) is 3.25. The Labute approximate surface area is 156 Å². The Balaban J connectivity index is 1.86. The van der Waals surface area contributed by atoms with Crippen molar-refractivity contribution in [1.82, 2.24) is 9.80 Å². The van der Waals surface area contributed by atoms with E-state index in [9.17, 15) is 23.2 Å². The van der Waals surface area contributed by atoms with E-state index in [0.717, 1.165) is 12.1 Å². The molecule has 27 heavy (non-hydrogen) atoms. The monoisotopic (exact) mass is 382 g/mol. The molecule has 2 amide bonds. The first-order chi connectivity index (χ1) is 12.7. The van der Waals surface area contributed by atoms with Gasteiger partial charge in [0.15, 0.2) is 0 Å². The van der Waals surface area contributed by atoms with Gasteiger partial charge in [-0.05, 0) is 30.4 Å². The number of aliphatic carboxylic acids is 1. The molecule has 0 bridgehead atoms. The molecule has 1 heterocycles. The van der Waals surface area contributed by atoms with Crippen LogP contribution in [0.5, 0.6) is 0 Å². The third-order valence-electron chi connectivity index (χ3n) is 4.97. The maximum absolute atomic E-state index is 13.8. The number of piperidine rings is 1. The molecule has 8 heteroatoms. The van der Waals surface area contributed by atoms with Crippen LogP contribution in [0.2, 0.25) is 0 Å². The lowest BCUT2D eigenvalue weighted by Crippen LogP contribution is -2.45. The first-order valence-electron chi connectivity index (χ1n) is 8.88. The number of benzene rings is 1. The summed E-state index contributed by atoms with van der Waals surface area (Å²) < 4.78 is 26.8. The highest BCUT2D eigenvalue weighted by Crippen LogP contribution is 2.23. The second kappa shape index (κ2) is 8.92. The van der Waals surface area contributed by atoms with Crippen LogP contribution in [0.4, 0.5) is 8.78 Å². The summed E-state index contributed by atoms with van der Waals surface area (Å²) >= 11 is 0. The predicted octanol–water partition coefficient (Wildman–Crippen LogP) is 2.24. The number of carbonyl (C=O) groups excluding carboxylic acids is 2. The number of hydrogen-bond acceptors (Lipinski definition) is 3. The molecule has 0 radical (unpaired) electrons. The van der Waals surface area contributed by atoms with Gasteiger partial charge in [0.25, 0.3) is 0 Å². The lowest BCUT2D eigenvalue weighted by Gasteiger charge is -2.31. The summed E-state index contributed by atoms with van der Waals surface area (Å²) in [6.07, 6.45) is 0.798. The van der Waals surface area contributed by atoms with Crippen LogP contribution in [0.15, 0.2) is 18.2 Å². The van der Waals surface area contributed by atoms with Crippen LogP contribution >= 0.6 is 0 Å². The summed E-state index contributed by atoms with van der Waals surface area (Å²) in [7, 11) is 1.50. The molecule has 1 aliphatic heterocycles. The van der Waals surface area contributed by atoms with Crippen LogP contribution in [0.25, 0.3) is 0 Å². The number of nitrogens with zero attached hydrogens (tertiary/aromatic N) is 2. The van der Waals surface area contributed by atoms with Crippen molar-refractivity contribution in [3.8, 4) is 0 Å². The molecule has 2 rings (SSSR count). The van der Waals surface area contributed by atoms with E-state index in [4.69, 9.17) is 5.11 Å². The highest BCUT2D eigenvalue weighted by molar-refractivity contribution is 5.85. The zero-order valence-corrected chi connectivity index (χ0v) is 15.5. The zero-order valence-electron chi connectivity index (χ0n) is 15.5. The maximum atomic E-state index is 13.8. The topological polar surface area (TPSA) is 77.9 Å². The van der Waals surface area contributed by atoms with Gasteiger partial charge in [-0.1, -0.05) is 13.0 Å². The summed E-state index contributed by atoms with van der Waals surface area (Å²) in [5.74, 6) is -3.67. The van der Waals surface area contributed by atoms with Gasteiger partial charge >= 0.3 is 5.97 Å². The van der Waals surface area contributed by atoms with Crippen molar-refractivity contribution in [1.29, 1.82) is 0 Å². The minimum absolute atomic E-state index is 0.00653. The third-order valence-corrected chi connectivity index (χ3v) is 4.97. The molecule has 1 saturated heterocycles. The Bertz CT molecular complexity index is 718. The Kier molecular flexibility index (Phi) is 6.87. The molecular formula is C19H24F2N2O4. The smallest absolute Gasteiger partial charge is 0.306 e. The minimum Gasteiger partial charge on any atom is -0.481 e. The molecule has 0 spiro atoms. The van der Waals surface area contributed by atoms with Gasteiger partial charge in [-0.2, -0.15) is 0 Å². The second-order valence-corrected chi connectivity index (χ2v) is 7.01. The number of carbonyl (C=O) groups is 3. The Hall–Kier alpha value is -2.51. The average molecular weight is 382 g/mol. The number of carboxylic acids is 1. The molecule has 1 fully saturated rings. The lowest BCUT2D eigenvalue weighted by atomic mass is 9.96. The van der Waals surface area contributed by atoms with Crippen LogP contribution in [-0.2, 0) is 14.4 Å². The second-order valence-electron chi connectivity index (χ2n) is 7.01. The summed E-state index contributed by atoms with van der Waals surface area (Å²) in [5.41, 5.74) is 0.250. The molecule has 6 nitrogen and oxygen atoms in total. The van der Waals surface area contributed by atoms with E-state index in [2.05, 4.69) is 0 Å². The van der Waals surface area contributed by atoms with Crippen molar-refractivity contribution in [3.05, 3.63) is 35.4 Å². The summed E-state index contributed by atoms with van der Waals surface area (Å²) in [5, 5.41) is 8.99.